The van der Waals surface area contributed by atoms with Gasteiger partial charge in [0.1, 0.15) is 5.75 Å². The summed E-state index contributed by atoms with van der Waals surface area (Å²) in [5.41, 5.74) is 0.618. The lowest BCUT2D eigenvalue weighted by Crippen LogP contribution is -2.41. The lowest BCUT2D eigenvalue weighted by molar-refractivity contribution is -0.130. The van der Waals surface area contributed by atoms with Crippen LogP contribution in [0.2, 0.25) is 0 Å². The average Bonchev–Trinajstić information content (AvgIpc) is 2.87. The maximum Gasteiger partial charge on any atom is 0.259 e. The molecule has 0 unspecified atom stereocenters. The molecule has 0 aromatic heterocycles. The van der Waals surface area contributed by atoms with Gasteiger partial charge in [-0.05, 0) is 60.0 Å². The minimum absolute atomic E-state index is 0.0562. The molecule has 1 aliphatic heterocycles. The molecule has 1 N–H and O–H groups in total. The molecule has 4 rings (SSSR count). The molecule has 1 saturated heterocycles. The van der Waals surface area contributed by atoms with Gasteiger partial charge < -0.3 is 15.0 Å². The Hall–Kier alpha value is -3.43. The van der Waals surface area contributed by atoms with Crippen molar-refractivity contribution in [2.24, 2.45) is 5.92 Å². The number of carbonyl (C=O) groups excluding carboxylic acids is 2. The Labute approximate surface area is 205 Å². The van der Waals surface area contributed by atoms with E-state index in [4.69, 9.17) is 4.74 Å². The number of ether oxygens (including phenoxy) is 1. The number of nitrogens with zero attached hydrogens (tertiary/aromatic N) is 2. The van der Waals surface area contributed by atoms with Crippen molar-refractivity contribution in [3.05, 3.63) is 66.7 Å². The van der Waals surface area contributed by atoms with Crippen molar-refractivity contribution in [3.8, 4) is 5.75 Å². The maximum absolute atomic E-state index is 13.2. The molecule has 3 aromatic carbocycles. The van der Waals surface area contributed by atoms with E-state index in [1.165, 1.54) is 9.21 Å². The zero-order valence-electron chi connectivity index (χ0n) is 19.8. The predicted octanol–water partition coefficient (Wildman–Crippen LogP) is 3.35. The summed E-state index contributed by atoms with van der Waals surface area (Å²) in [6.45, 7) is 0.527. The summed E-state index contributed by atoms with van der Waals surface area (Å²) in [4.78, 5) is 26.1. The number of fused-ring (bicyclic) bond motifs is 1. The highest BCUT2D eigenvalue weighted by Gasteiger charge is 2.32. The van der Waals surface area contributed by atoms with Gasteiger partial charge in [-0.1, -0.05) is 30.3 Å². The van der Waals surface area contributed by atoms with Gasteiger partial charge in [0.25, 0.3) is 5.91 Å². The third kappa shape index (κ3) is 5.80. The fraction of sp³-hybridized carbons (Fsp3) is 0.308. The Balaban J connectivity index is 1.31. The number of hydrogen-bond acceptors (Lipinski definition) is 5. The molecule has 2 amide bonds. The zero-order chi connectivity index (χ0) is 25.0. The molecule has 8 nitrogen and oxygen atoms in total. The number of carbonyl (C=O) groups is 2. The number of rotatable bonds is 7. The van der Waals surface area contributed by atoms with Crippen molar-refractivity contribution >= 4 is 38.3 Å². The number of nitrogens with one attached hydrogen (secondary N) is 1. The Morgan fingerprint density at radius 2 is 1.63 bits per heavy atom. The Kier molecular flexibility index (Phi) is 7.37. The van der Waals surface area contributed by atoms with E-state index in [0.717, 1.165) is 10.8 Å². The van der Waals surface area contributed by atoms with E-state index in [1.54, 1.807) is 50.5 Å². The van der Waals surface area contributed by atoms with Gasteiger partial charge in [0, 0.05) is 38.8 Å². The van der Waals surface area contributed by atoms with E-state index in [2.05, 4.69) is 5.32 Å². The van der Waals surface area contributed by atoms with Crippen LogP contribution in [0.3, 0.4) is 0 Å². The number of piperidine rings is 1. The summed E-state index contributed by atoms with van der Waals surface area (Å²) >= 11 is 0. The first kappa shape index (κ1) is 24.7. The SMILES string of the molecule is CN(C)C(=O)COc1ccc(NC(=O)C2CCN(S(=O)(=O)c3ccc4ccccc4c3)CC2)cc1. The molecule has 184 valence electrons. The summed E-state index contributed by atoms with van der Waals surface area (Å²) in [7, 11) is -0.302. The van der Waals surface area contributed by atoms with Gasteiger partial charge in [0.05, 0.1) is 4.90 Å². The molecular weight excluding hydrogens is 466 g/mol. The van der Waals surface area contributed by atoms with Gasteiger partial charge in [-0.25, -0.2) is 8.42 Å². The number of benzene rings is 3. The van der Waals surface area contributed by atoms with Gasteiger partial charge >= 0.3 is 0 Å². The minimum Gasteiger partial charge on any atom is -0.484 e. The van der Waals surface area contributed by atoms with Gasteiger partial charge in [0.15, 0.2) is 6.61 Å². The van der Waals surface area contributed by atoms with Crippen LogP contribution in [0.1, 0.15) is 12.8 Å². The van der Waals surface area contributed by atoms with Crippen LogP contribution < -0.4 is 10.1 Å². The fourth-order valence-electron chi connectivity index (χ4n) is 3.99. The third-order valence-corrected chi connectivity index (χ3v) is 8.06. The van der Waals surface area contributed by atoms with Crippen LogP contribution >= 0.6 is 0 Å². The number of anilines is 1. The molecule has 0 bridgehead atoms. The van der Waals surface area contributed by atoms with E-state index < -0.39 is 10.0 Å². The first-order chi connectivity index (χ1) is 16.7. The van der Waals surface area contributed by atoms with Crippen LogP contribution in [0.15, 0.2) is 71.6 Å². The zero-order valence-corrected chi connectivity index (χ0v) is 20.6. The van der Waals surface area contributed by atoms with Gasteiger partial charge in [-0.3, -0.25) is 9.59 Å². The number of hydrogen-bond donors (Lipinski definition) is 1. The van der Waals surface area contributed by atoms with Crippen molar-refractivity contribution in [1.29, 1.82) is 0 Å². The molecule has 1 aliphatic rings. The highest BCUT2D eigenvalue weighted by Crippen LogP contribution is 2.27. The van der Waals surface area contributed by atoms with Crippen LogP contribution in [0.5, 0.6) is 5.75 Å². The van der Waals surface area contributed by atoms with Crippen molar-refractivity contribution in [2.75, 3.05) is 39.1 Å². The number of sulfonamides is 1. The minimum atomic E-state index is -3.62. The molecule has 1 fully saturated rings. The smallest absolute Gasteiger partial charge is 0.259 e. The second-order valence-corrected chi connectivity index (χ2v) is 10.7. The molecule has 0 radical (unpaired) electrons. The Morgan fingerprint density at radius 3 is 2.29 bits per heavy atom. The van der Waals surface area contributed by atoms with E-state index in [0.29, 0.717) is 37.4 Å². The van der Waals surface area contributed by atoms with Crippen LogP contribution in [-0.2, 0) is 19.6 Å². The van der Waals surface area contributed by atoms with E-state index in [1.807, 2.05) is 30.3 Å². The molecule has 9 heteroatoms. The molecule has 3 aromatic rings. The fourth-order valence-corrected chi connectivity index (χ4v) is 5.49. The Bertz CT molecular complexity index is 1310. The molecule has 0 atom stereocenters. The number of amides is 2. The van der Waals surface area contributed by atoms with Crippen LogP contribution in [-0.4, -0.2) is 63.2 Å². The van der Waals surface area contributed by atoms with E-state index >= 15 is 0 Å². The van der Waals surface area contributed by atoms with Crippen molar-refractivity contribution in [3.63, 3.8) is 0 Å². The highest BCUT2D eigenvalue weighted by atomic mass is 32.2. The molecule has 0 saturated carbocycles. The second kappa shape index (κ2) is 10.5. The van der Waals surface area contributed by atoms with Crippen molar-refractivity contribution in [1.82, 2.24) is 9.21 Å². The molecule has 0 spiro atoms. The predicted molar refractivity (Wildman–Crippen MR) is 135 cm³/mol. The van der Waals surface area contributed by atoms with Crippen LogP contribution in [0.4, 0.5) is 5.69 Å². The first-order valence-electron chi connectivity index (χ1n) is 11.5. The normalized spacial score (nSPS) is 15.0. The van der Waals surface area contributed by atoms with Crippen molar-refractivity contribution in [2.45, 2.75) is 17.7 Å². The summed E-state index contributed by atoms with van der Waals surface area (Å²) in [6, 6.07) is 19.6. The quantitative estimate of drug-likeness (QED) is 0.542. The van der Waals surface area contributed by atoms with Gasteiger partial charge in [-0.15, -0.1) is 0 Å². The van der Waals surface area contributed by atoms with Crippen molar-refractivity contribution < 1.29 is 22.7 Å². The van der Waals surface area contributed by atoms with E-state index in [9.17, 15) is 18.0 Å². The largest absolute Gasteiger partial charge is 0.484 e. The van der Waals surface area contributed by atoms with Crippen LogP contribution in [0, 0.1) is 5.92 Å². The topological polar surface area (TPSA) is 96.0 Å². The van der Waals surface area contributed by atoms with Crippen LogP contribution in [0.25, 0.3) is 10.8 Å². The molecule has 1 heterocycles. The summed E-state index contributed by atoms with van der Waals surface area (Å²) in [6.07, 6.45) is 0.902. The monoisotopic (exact) mass is 495 g/mol. The summed E-state index contributed by atoms with van der Waals surface area (Å²) < 4.78 is 33.2. The lowest BCUT2D eigenvalue weighted by Gasteiger charge is -2.30. The maximum atomic E-state index is 13.2. The highest BCUT2D eigenvalue weighted by molar-refractivity contribution is 7.89. The van der Waals surface area contributed by atoms with Gasteiger partial charge in [0.2, 0.25) is 15.9 Å². The first-order valence-corrected chi connectivity index (χ1v) is 12.9. The summed E-state index contributed by atoms with van der Waals surface area (Å²) in [5.74, 6) is -0.0161. The molecule has 0 aliphatic carbocycles. The molecule has 35 heavy (non-hydrogen) atoms. The van der Waals surface area contributed by atoms with E-state index in [-0.39, 0.29) is 29.2 Å². The Morgan fingerprint density at radius 1 is 0.971 bits per heavy atom. The summed E-state index contributed by atoms with van der Waals surface area (Å²) in [5, 5.41) is 4.76. The second-order valence-electron chi connectivity index (χ2n) is 8.78. The molecular formula is C26H29N3O5S. The number of likely N-dealkylation sites (N-methyl/N-ethyl adjacent to an activating group) is 1. The van der Waals surface area contributed by atoms with Gasteiger partial charge in [-0.2, -0.15) is 4.31 Å². The average molecular weight is 496 g/mol. The lowest BCUT2D eigenvalue weighted by atomic mass is 9.97. The standard InChI is InChI=1S/C26H29N3O5S/c1-28(2)25(30)18-34-23-10-8-22(9-11-23)27-26(31)20-13-15-29(16-14-20)35(32,33)24-12-7-19-5-3-4-6-21(19)17-24/h3-12,17,20H,13-16,18H2,1-2H3,(H,27,31). The third-order valence-electron chi connectivity index (χ3n) is 6.17.